The van der Waals surface area contributed by atoms with E-state index in [4.69, 9.17) is 5.26 Å². The van der Waals surface area contributed by atoms with Gasteiger partial charge in [-0.2, -0.15) is 5.26 Å². The molecule has 0 unspecified atom stereocenters. The zero-order valence-corrected chi connectivity index (χ0v) is 48.0. The van der Waals surface area contributed by atoms with Gasteiger partial charge in [-0.3, -0.25) is 10.1 Å². The number of fused-ring (bicyclic) bond motifs is 4. The molecule has 0 aromatic heterocycles. The second-order valence-corrected chi connectivity index (χ2v) is 21.5. The summed E-state index contributed by atoms with van der Waals surface area (Å²) in [5.74, 6) is 0. The van der Waals surface area contributed by atoms with Crippen molar-refractivity contribution in [2.45, 2.75) is 0 Å². The number of anilines is 10. The zero-order valence-electron chi connectivity index (χ0n) is 48.0. The molecule has 0 atom stereocenters. The van der Waals surface area contributed by atoms with Crippen LogP contribution < -0.4 is 19.6 Å². The molecule has 0 aliphatic heterocycles. The fraction of sp³-hybridized carbons (Fsp3) is 0.0253. The molecule has 0 heterocycles. The van der Waals surface area contributed by atoms with Crippen LogP contribution in [0.3, 0.4) is 0 Å². The summed E-state index contributed by atoms with van der Waals surface area (Å²) in [5.41, 5.74) is 15.7. The van der Waals surface area contributed by atoms with Gasteiger partial charge in [-0.15, -0.1) is 0 Å². The van der Waals surface area contributed by atoms with E-state index in [2.05, 4.69) is 276 Å². The molecule has 8 heteroatoms. The van der Waals surface area contributed by atoms with Crippen LogP contribution in [-0.4, -0.2) is 19.0 Å². The van der Waals surface area contributed by atoms with Crippen LogP contribution in [0.15, 0.2) is 315 Å². The molecule has 0 spiro atoms. The maximum atomic E-state index is 11.2. The SMILES string of the molecule is CN(c1ccc(-c2ccc(N(c3ccc4ccccc4c3)c3ccc4ccccc4c3)cc2)cc1)c1cccc([N+](=O)[O-])c1.CN(c1ccc(C#N)cc1)c1ccc(-c2ccc(N(c3ccc4ccccc4c3)c3ccc4ccccc4c3)cc2)cc1. The lowest BCUT2D eigenvalue weighted by molar-refractivity contribution is -0.384. The largest absolute Gasteiger partial charge is 0.345 e. The van der Waals surface area contributed by atoms with E-state index in [1.807, 2.05) is 61.5 Å². The average molecular weight is 1120 g/mol. The molecule has 8 nitrogen and oxygen atoms in total. The highest BCUT2D eigenvalue weighted by atomic mass is 16.6. The van der Waals surface area contributed by atoms with Crippen molar-refractivity contribution in [2.24, 2.45) is 0 Å². The molecule has 14 rings (SSSR count). The van der Waals surface area contributed by atoms with E-state index in [1.54, 1.807) is 12.1 Å². The molecule has 0 N–H and O–H groups in total. The molecule has 0 saturated carbocycles. The lowest BCUT2D eigenvalue weighted by atomic mass is 10.0. The monoisotopic (exact) mass is 1120 g/mol. The fourth-order valence-corrected chi connectivity index (χ4v) is 11.4. The van der Waals surface area contributed by atoms with Gasteiger partial charge in [0.2, 0.25) is 0 Å². The maximum Gasteiger partial charge on any atom is 0.271 e. The van der Waals surface area contributed by atoms with Crippen molar-refractivity contribution in [1.82, 2.24) is 0 Å². The average Bonchev–Trinajstić information content (AvgIpc) is 3.78. The summed E-state index contributed by atoms with van der Waals surface area (Å²) in [6.07, 6.45) is 0. The smallest absolute Gasteiger partial charge is 0.271 e. The van der Waals surface area contributed by atoms with Gasteiger partial charge < -0.3 is 19.6 Å². The number of nitrogens with zero attached hydrogens (tertiary/aromatic N) is 6. The Morgan fingerprint density at radius 1 is 0.287 bits per heavy atom. The van der Waals surface area contributed by atoms with Crippen molar-refractivity contribution < 1.29 is 4.92 Å². The van der Waals surface area contributed by atoms with Gasteiger partial charge in [-0.25, -0.2) is 0 Å². The minimum atomic E-state index is -0.370. The van der Waals surface area contributed by atoms with Crippen molar-refractivity contribution in [3.8, 4) is 28.3 Å². The van der Waals surface area contributed by atoms with Crippen molar-refractivity contribution in [1.29, 1.82) is 5.26 Å². The Morgan fingerprint density at radius 3 is 0.874 bits per heavy atom. The molecule has 0 aliphatic carbocycles. The predicted octanol–water partition coefficient (Wildman–Crippen LogP) is 21.6. The first kappa shape index (κ1) is 54.5. The molecule has 416 valence electrons. The van der Waals surface area contributed by atoms with Crippen molar-refractivity contribution >= 4 is 106 Å². The predicted molar refractivity (Wildman–Crippen MR) is 364 cm³/mol. The van der Waals surface area contributed by atoms with E-state index in [0.717, 1.165) is 79.1 Å². The number of benzene rings is 14. The number of hydrogen-bond donors (Lipinski definition) is 0. The van der Waals surface area contributed by atoms with E-state index in [9.17, 15) is 10.1 Å². The molecule has 0 saturated heterocycles. The first-order valence-corrected chi connectivity index (χ1v) is 28.9. The van der Waals surface area contributed by atoms with E-state index >= 15 is 0 Å². The lowest BCUT2D eigenvalue weighted by Crippen LogP contribution is -2.10. The third kappa shape index (κ3) is 11.7. The van der Waals surface area contributed by atoms with Crippen molar-refractivity contribution in [3.63, 3.8) is 0 Å². The van der Waals surface area contributed by atoms with Gasteiger partial charge in [-0.1, -0.05) is 176 Å². The van der Waals surface area contributed by atoms with Gasteiger partial charge in [0, 0.05) is 83.1 Å². The van der Waals surface area contributed by atoms with Gasteiger partial charge in [0.15, 0.2) is 0 Å². The van der Waals surface area contributed by atoms with Crippen LogP contribution in [0.1, 0.15) is 5.56 Å². The van der Waals surface area contributed by atoms with Crippen molar-refractivity contribution in [2.75, 3.05) is 33.7 Å². The van der Waals surface area contributed by atoms with Crippen LogP contribution >= 0.6 is 0 Å². The quantitative estimate of drug-likeness (QED) is 0.0840. The third-order valence-electron chi connectivity index (χ3n) is 16.2. The van der Waals surface area contributed by atoms with E-state index < -0.39 is 0 Å². The summed E-state index contributed by atoms with van der Waals surface area (Å²) in [6, 6.07) is 111. The molecule has 14 aromatic rings. The molecule has 0 aliphatic rings. The Kier molecular flexibility index (Phi) is 15.1. The maximum absolute atomic E-state index is 11.2. The first-order valence-electron chi connectivity index (χ1n) is 28.9. The zero-order chi connectivity index (χ0) is 59.2. The first-order chi connectivity index (χ1) is 42.7. The van der Waals surface area contributed by atoms with Crippen LogP contribution in [0.4, 0.5) is 62.6 Å². The third-order valence-corrected chi connectivity index (χ3v) is 16.2. The minimum Gasteiger partial charge on any atom is -0.345 e. The highest BCUT2D eigenvalue weighted by Gasteiger charge is 2.18. The van der Waals surface area contributed by atoms with Crippen LogP contribution in [0.2, 0.25) is 0 Å². The topological polar surface area (TPSA) is 79.9 Å². The van der Waals surface area contributed by atoms with Gasteiger partial charge in [0.05, 0.1) is 16.6 Å². The fourth-order valence-electron chi connectivity index (χ4n) is 11.4. The molecule has 0 bridgehead atoms. The van der Waals surface area contributed by atoms with E-state index in [1.165, 1.54) is 49.2 Å². The number of hydrogen-bond acceptors (Lipinski definition) is 7. The molecule has 0 radical (unpaired) electrons. The number of nitriles is 1. The number of nitro benzene ring substituents is 1. The van der Waals surface area contributed by atoms with Crippen LogP contribution in [0.5, 0.6) is 0 Å². The Hall–Kier alpha value is -11.8. The Balaban J connectivity index is 0.000000161. The van der Waals surface area contributed by atoms with Gasteiger partial charge in [0.25, 0.3) is 5.69 Å². The summed E-state index contributed by atoms with van der Waals surface area (Å²) < 4.78 is 0. The summed E-state index contributed by atoms with van der Waals surface area (Å²) in [4.78, 5) is 19.6. The number of nitro groups is 1. The normalized spacial score (nSPS) is 11.0. The number of non-ortho nitro benzene ring substituents is 1. The number of rotatable bonds is 13. The summed E-state index contributed by atoms with van der Waals surface area (Å²) in [6.45, 7) is 0. The second kappa shape index (κ2) is 24.2. The Labute approximate surface area is 506 Å². The summed E-state index contributed by atoms with van der Waals surface area (Å²) in [7, 11) is 3.95. The molecule has 0 fully saturated rings. The molecular weight excluding hydrogens is 1060 g/mol. The molecule has 87 heavy (non-hydrogen) atoms. The second-order valence-electron chi connectivity index (χ2n) is 21.5. The Bertz CT molecular complexity index is 4670. The molecular formula is C79H58N6O2. The van der Waals surface area contributed by atoms with Crippen LogP contribution in [-0.2, 0) is 0 Å². The minimum absolute atomic E-state index is 0.0764. The lowest BCUT2D eigenvalue weighted by Gasteiger charge is -2.26. The van der Waals surface area contributed by atoms with E-state index in [-0.39, 0.29) is 10.6 Å². The molecule has 14 aromatic carbocycles. The summed E-state index contributed by atoms with van der Waals surface area (Å²) in [5, 5.41) is 30.0. The standard InChI is InChI=1S/C40H29N3.C39H29N3O2/c1-42(36-18-10-29(28-41)11-19-36)37-20-12-32(13-21-37)33-14-22-38(23-15-33)43(39-24-16-30-6-2-4-8-34(30)26-39)40-25-17-31-7-3-5-9-35(31)27-40;1-40(36-11-6-12-39(27-36)42(43)44)34-19-13-30(14-20-34)31-15-21-35(22-16-31)41(37-23-17-28-7-2-4-9-32(28)25-37)38-24-18-29-8-3-5-10-33(29)26-38/h2-27H,1H3;2-27H,1H3. The highest BCUT2D eigenvalue weighted by molar-refractivity contribution is 5.95. The van der Waals surface area contributed by atoms with Gasteiger partial charge in [0.1, 0.15) is 0 Å². The van der Waals surface area contributed by atoms with Crippen LogP contribution in [0.25, 0.3) is 65.3 Å². The van der Waals surface area contributed by atoms with Crippen molar-refractivity contribution in [3.05, 3.63) is 331 Å². The van der Waals surface area contributed by atoms with Crippen LogP contribution in [0, 0.1) is 21.4 Å². The summed E-state index contributed by atoms with van der Waals surface area (Å²) >= 11 is 0. The molecule has 0 amide bonds. The van der Waals surface area contributed by atoms with E-state index in [0.29, 0.717) is 5.56 Å². The highest BCUT2D eigenvalue weighted by Crippen LogP contribution is 2.41. The Morgan fingerprint density at radius 2 is 0.563 bits per heavy atom. The van der Waals surface area contributed by atoms with Gasteiger partial charge in [-0.05, 0) is 193 Å². The van der Waals surface area contributed by atoms with Gasteiger partial charge >= 0.3 is 0 Å².